The topological polar surface area (TPSA) is 66.8 Å². The molecule has 0 aromatic heterocycles. The fourth-order valence-electron chi connectivity index (χ4n) is 3.93. The third-order valence-corrected chi connectivity index (χ3v) is 5.26. The van der Waals surface area contributed by atoms with E-state index in [0.29, 0.717) is 36.7 Å². The Morgan fingerprint density at radius 1 is 1.28 bits per heavy atom. The molecule has 0 unspecified atom stereocenters. The van der Waals surface area contributed by atoms with Gasteiger partial charge in [-0.05, 0) is 50.4 Å². The molecular formula is C21H32O4. The first-order valence-electron chi connectivity index (χ1n) is 9.61. The lowest BCUT2D eigenvalue weighted by Crippen LogP contribution is -2.27. The average Bonchev–Trinajstić information content (AvgIpc) is 3.17. The van der Waals surface area contributed by atoms with Crippen LogP contribution in [-0.4, -0.2) is 35.0 Å². The molecule has 2 aliphatic rings. The molecule has 2 N–H and O–H groups in total. The molecule has 2 bridgehead atoms. The highest BCUT2D eigenvalue weighted by atomic mass is 16.5. The quantitative estimate of drug-likeness (QED) is 0.435. The van der Waals surface area contributed by atoms with Gasteiger partial charge in [-0.2, -0.15) is 0 Å². The third kappa shape index (κ3) is 6.44. The number of carbonyl (C=O) groups is 1. The Labute approximate surface area is 151 Å². The van der Waals surface area contributed by atoms with E-state index >= 15 is 0 Å². The van der Waals surface area contributed by atoms with Gasteiger partial charge in [0.25, 0.3) is 0 Å². The maximum Gasteiger partial charge on any atom is 0.303 e. The van der Waals surface area contributed by atoms with E-state index in [-0.39, 0.29) is 6.42 Å². The van der Waals surface area contributed by atoms with Crippen LogP contribution in [0.2, 0.25) is 0 Å². The standard InChI is InChI=1S/C21H32O4/c1-2-3-6-9-17(22)12-13-19-18(16-14-20(19)25-15-16)10-7-4-5-8-11-21(23)24/h3-4,6-7,12-13,16-20,22H,2,5,8-11,14-15H2,1H3,(H,23,24)/b6-3-,7-4-,13-12+/t16-,17-,18-,19+,20+/m0/s1. The van der Waals surface area contributed by atoms with Crippen molar-refractivity contribution in [2.24, 2.45) is 17.8 Å². The molecular weight excluding hydrogens is 316 g/mol. The number of aliphatic hydroxyl groups excluding tert-OH is 1. The summed E-state index contributed by atoms with van der Waals surface area (Å²) in [4.78, 5) is 10.5. The van der Waals surface area contributed by atoms with Gasteiger partial charge in [0, 0.05) is 12.3 Å². The minimum absolute atomic E-state index is 0.238. The normalized spacial score (nSPS) is 30.2. The van der Waals surface area contributed by atoms with Gasteiger partial charge in [0.1, 0.15) is 0 Å². The molecule has 25 heavy (non-hydrogen) atoms. The molecule has 0 spiro atoms. The summed E-state index contributed by atoms with van der Waals surface area (Å²) in [5, 5.41) is 18.7. The smallest absolute Gasteiger partial charge is 0.303 e. The van der Waals surface area contributed by atoms with Crippen molar-refractivity contribution >= 4 is 5.97 Å². The van der Waals surface area contributed by atoms with Gasteiger partial charge >= 0.3 is 5.97 Å². The van der Waals surface area contributed by atoms with Crippen molar-refractivity contribution in [2.45, 2.75) is 64.1 Å². The molecule has 2 fully saturated rings. The monoisotopic (exact) mass is 348 g/mol. The molecule has 0 aromatic carbocycles. The molecule has 5 atom stereocenters. The zero-order valence-electron chi connectivity index (χ0n) is 15.2. The molecule has 1 aliphatic carbocycles. The molecule has 0 amide bonds. The van der Waals surface area contributed by atoms with Crippen LogP contribution in [0, 0.1) is 17.8 Å². The van der Waals surface area contributed by atoms with E-state index in [2.05, 4.69) is 31.2 Å². The molecule has 4 heteroatoms. The highest BCUT2D eigenvalue weighted by molar-refractivity contribution is 5.66. The van der Waals surface area contributed by atoms with Crippen molar-refractivity contribution < 1.29 is 19.7 Å². The van der Waals surface area contributed by atoms with Gasteiger partial charge in [0.15, 0.2) is 0 Å². The van der Waals surface area contributed by atoms with Crippen molar-refractivity contribution in [3.05, 3.63) is 36.5 Å². The predicted molar refractivity (Wildman–Crippen MR) is 99.3 cm³/mol. The Bertz CT molecular complexity index is 494. The number of aliphatic hydroxyl groups is 1. The van der Waals surface area contributed by atoms with Crippen LogP contribution in [0.5, 0.6) is 0 Å². The fourth-order valence-corrected chi connectivity index (χ4v) is 3.93. The SMILES string of the molecule is CC/C=C\C[C@H](O)/C=C/[C@@H]1[C@@H](C/C=C\CCCC(=O)O)[C@@H]2CO[C@@H]1C2. The lowest BCUT2D eigenvalue weighted by Gasteiger charge is -2.28. The number of hydrogen-bond donors (Lipinski definition) is 2. The molecule has 0 aromatic rings. The summed E-state index contributed by atoms with van der Waals surface area (Å²) in [7, 11) is 0. The predicted octanol–water partition coefficient (Wildman–Crippen LogP) is 4.11. The lowest BCUT2D eigenvalue weighted by atomic mass is 9.84. The Morgan fingerprint density at radius 3 is 2.88 bits per heavy atom. The van der Waals surface area contributed by atoms with Crippen LogP contribution in [0.3, 0.4) is 0 Å². The second-order valence-corrected chi connectivity index (χ2v) is 7.17. The minimum atomic E-state index is -0.726. The van der Waals surface area contributed by atoms with Crippen LogP contribution in [-0.2, 0) is 9.53 Å². The van der Waals surface area contributed by atoms with Gasteiger partial charge in [-0.25, -0.2) is 0 Å². The molecule has 4 nitrogen and oxygen atoms in total. The number of fused-ring (bicyclic) bond motifs is 2. The second-order valence-electron chi connectivity index (χ2n) is 7.17. The molecule has 1 saturated carbocycles. The fraction of sp³-hybridized carbons (Fsp3) is 0.667. The zero-order chi connectivity index (χ0) is 18.1. The second kappa shape index (κ2) is 10.6. The number of aliphatic carboxylic acids is 1. The Morgan fingerprint density at radius 2 is 2.12 bits per heavy atom. The van der Waals surface area contributed by atoms with E-state index in [0.717, 1.165) is 32.3 Å². The molecule has 1 saturated heterocycles. The summed E-state index contributed by atoms with van der Waals surface area (Å²) in [5.41, 5.74) is 0. The van der Waals surface area contributed by atoms with Crippen LogP contribution in [0.15, 0.2) is 36.5 Å². The van der Waals surface area contributed by atoms with E-state index in [1.165, 1.54) is 0 Å². The number of carboxylic acids is 1. The number of carboxylic acid groups (broad SMARTS) is 1. The maximum absolute atomic E-state index is 10.5. The number of hydrogen-bond acceptors (Lipinski definition) is 3. The maximum atomic E-state index is 10.5. The van der Waals surface area contributed by atoms with Gasteiger partial charge < -0.3 is 14.9 Å². The van der Waals surface area contributed by atoms with Crippen molar-refractivity contribution in [3.63, 3.8) is 0 Å². The number of rotatable bonds is 11. The number of unbranched alkanes of at least 4 members (excludes halogenated alkanes) is 1. The average molecular weight is 348 g/mol. The summed E-state index contributed by atoms with van der Waals surface area (Å²) >= 11 is 0. The molecule has 140 valence electrons. The number of ether oxygens (including phenoxy) is 1. The summed E-state index contributed by atoms with van der Waals surface area (Å²) in [5.74, 6) is 0.841. The summed E-state index contributed by atoms with van der Waals surface area (Å²) < 4.78 is 5.86. The first-order chi connectivity index (χ1) is 12.1. The highest BCUT2D eigenvalue weighted by Crippen LogP contribution is 2.47. The van der Waals surface area contributed by atoms with E-state index < -0.39 is 12.1 Å². The first-order valence-corrected chi connectivity index (χ1v) is 9.61. The third-order valence-electron chi connectivity index (χ3n) is 5.26. The van der Waals surface area contributed by atoms with Crippen LogP contribution in [0.25, 0.3) is 0 Å². The first kappa shape index (κ1) is 19.9. The molecule has 2 rings (SSSR count). The summed E-state index contributed by atoms with van der Waals surface area (Å²) in [6, 6.07) is 0. The zero-order valence-corrected chi connectivity index (χ0v) is 15.2. The minimum Gasteiger partial charge on any atom is -0.481 e. The number of allylic oxidation sites excluding steroid dienone is 3. The van der Waals surface area contributed by atoms with Crippen LogP contribution < -0.4 is 0 Å². The molecule has 1 aliphatic heterocycles. The van der Waals surface area contributed by atoms with Gasteiger partial charge in [-0.3, -0.25) is 4.79 Å². The Hall–Kier alpha value is -1.39. The van der Waals surface area contributed by atoms with Gasteiger partial charge in [0.05, 0.1) is 18.8 Å². The van der Waals surface area contributed by atoms with Crippen molar-refractivity contribution in [1.82, 2.24) is 0 Å². The van der Waals surface area contributed by atoms with Crippen LogP contribution in [0.1, 0.15) is 51.9 Å². The van der Waals surface area contributed by atoms with Crippen LogP contribution >= 0.6 is 0 Å². The summed E-state index contributed by atoms with van der Waals surface area (Å²) in [6.07, 6.45) is 18.0. The lowest BCUT2D eigenvalue weighted by molar-refractivity contribution is -0.137. The van der Waals surface area contributed by atoms with Gasteiger partial charge in [0.2, 0.25) is 0 Å². The molecule has 0 radical (unpaired) electrons. The van der Waals surface area contributed by atoms with Gasteiger partial charge in [-0.15, -0.1) is 0 Å². The van der Waals surface area contributed by atoms with Crippen LogP contribution in [0.4, 0.5) is 0 Å². The van der Waals surface area contributed by atoms with E-state index in [4.69, 9.17) is 9.84 Å². The van der Waals surface area contributed by atoms with Gasteiger partial charge in [-0.1, -0.05) is 43.4 Å². The van der Waals surface area contributed by atoms with Crippen molar-refractivity contribution in [2.75, 3.05) is 6.61 Å². The molecule has 1 heterocycles. The Kier molecular flexibility index (Phi) is 8.42. The van der Waals surface area contributed by atoms with E-state index in [1.54, 1.807) is 0 Å². The van der Waals surface area contributed by atoms with Crippen molar-refractivity contribution in [1.29, 1.82) is 0 Å². The van der Waals surface area contributed by atoms with Crippen molar-refractivity contribution in [3.8, 4) is 0 Å². The Balaban J connectivity index is 1.81. The highest BCUT2D eigenvalue weighted by Gasteiger charge is 2.46. The summed E-state index contributed by atoms with van der Waals surface area (Å²) in [6.45, 7) is 2.94. The van der Waals surface area contributed by atoms with E-state index in [1.807, 2.05) is 12.2 Å². The largest absolute Gasteiger partial charge is 0.481 e. The van der Waals surface area contributed by atoms with E-state index in [9.17, 15) is 9.90 Å².